The van der Waals surface area contributed by atoms with E-state index < -0.39 is 0 Å². The zero-order valence-corrected chi connectivity index (χ0v) is 19.5. The van der Waals surface area contributed by atoms with Crippen molar-refractivity contribution in [3.8, 4) is 0 Å². The first-order valence-corrected chi connectivity index (χ1v) is 0. The molecule has 0 spiro atoms. The monoisotopic (exact) mass is 919 g/mol. The number of hydrogen-bond donors (Lipinski definition) is 0. The Balaban J connectivity index is 0. The van der Waals surface area contributed by atoms with Gasteiger partial charge in [0.15, 0.2) is 0 Å². The molecule has 0 N–H and O–H groups in total. The van der Waals surface area contributed by atoms with Gasteiger partial charge in [-0.2, -0.15) is 0 Å². The zero-order chi connectivity index (χ0) is 0. The van der Waals surface area contributed by atoms with Crippen LogP contribution in [0.2, 0.25) is 0 Å². The predicted molar refractivity (Wildman–Crippen MR) is 16.8 cm³/mol. The van der Waals surface area contributed by atoms with Gasteiger partial charge in [-0.25, -0.2) is 0 Å². The summed E-state index contributed by atoms with van der Waals surface area (Å²) in [6.07, 6.45) is 0. The summed E-state index contributed by atoms with van der Waals surface area (Å²) >= 11 is 0. The van der Waals surface area contributed by atoms with E-state index in [-0.39, 0.29) is 156 Å². The third-order valence-corrected chi connectivity index (χ3v) is 0. The standard InChI is InChI=1S/5N.3Ru.3Ta/q5*-3;;;;3*+5. The van der Waals surface area contributed by atoms with Crippen molar-refractivity contribution < 1.29 is 126 Å². The van der Waals surface area contributed by atoms with Gasteiger partial charge >= 0.3 is 67.1 Å². The first-order chi connectivity index (χ1) is 0. The van der Waals surface area contributed by atoms with Gasteiger partial charge in [0.2, 0.25) is 0 Å². The Bertz CT molecular complexity index is 16.9. The second-order valence-electron chi connectivity index (χ2n) is 0. The van der Waals surface area contributed by atoms with Gasteiger partial charge in [-0.3, -0.25) is 0 Å². The fraction of sp³-hybridized carbons (Fsp3) is 0. The van der Waals surface area contributed by atoms with Crippen molar-refractivity contribution in [1.82, 2.24) is 0 Å². The fourth-order valence-corrected chi connectivity index (χ4v) is 0. The molecule has 64 valence electrons. The van der Waals surface area contributed by atoms with Crippen LogP contribution < -0.4 is 0 Å². The van der Waals surface area contributed by atoms with Gasteiger partial charge in [0.05, 0.1) is 0 Å². The van der Waals surface area contributed by atoms with Crippen LogP contribution in [0.5, 0.6) is 0 Å². The number of rotatable bonds is 0. The van der Waals surface area contributed by atoms with E-state index in [2.05, 4.69) is 0 Å². The van der Waals surface area contributed by atoms with Crippen LogP contribution in [0.3, 0.4) is 0 Å². The van der Waals surface area contributed by atoms with E-state index >= 15 is 0 Å². The molecule has 5 nitrogen and oxygen atoms in total. The molecule has 0 aliphatic rings. The molecule has 0 saturated carbocycles. The van der Waals surface area contributed by atoms with Gasteiger partial charge < -0.3 is 30.8 Å². The fourth-order valence-electron chi connectivity index (χ4n) is 0. The maximum absolute atomic E-state index is 0. The largest absolute Gasteiger partial charge is 5.00 e. The average molecular weight is 916 g/mol. The van der Waals surface area contributed by atoms with E-state index in [1.807, 2.05) is 0 Å². The molecular formula is N5Ru3Ta3. The van der Waals surface area contributed by atoms with E-state index in [1.54, 1.807) is 0 Å². The molecule has 0 rings (SSSR count). The Morgan fingerprint density at radius 2 is 0.273 bits per heavy atom. The summed E-state index contributed by atoms with van der Waals surface area (Å²) in [5.74, 6) is 0. The van der Waals surface area contributed by atoms with Gasteiger partial charge in [0.25, 0.3) is 0 Å². The maximum atomic E-state index is 0. The molecular weight excluding hydrogens is 916 g/mol. The Hall–Kier alpha value is 3.89. The molecule has 0 radical (unpaired) electrons. The molecule has 0 aromatic heterocycles. The Morgan fingerprint density at radius 1 is 0.273 bits per heavy atom. The van der Waals surface area contributed by atoms with E-state index in [4.69, 9.17) is 0 Å². The molecule has 0 aliphatic carbocycles. The van der Waals surface area contributed by atoms with Crippen molar-refractivity contribution in [1.29, 1.82) is 0 Å². The van der Waals surface area contributed by atoms with Crippen LogP contribution in [0.15, 0.2) is 0 Å². The minimum absolute atomic E-state index is 0. The van der Waals surface area contributed by atoms with E-state index in [1.165, 1.54) is 0 Å². The van der Waals surface area contributed by atoms with Crippen LogP contribution in [0, 0.1) is 0 Å². The third-order valence-electron chi connectivity index (χ3n) is 0. The van der Waals surface area contributed by atoms with Crippen molar-refractivity contribution in [2.24, 2.45) is 0 Å². The van der Waals surface area contributed by atoms with Gasteiger partial charge in [-0.1, -0.05) is 0 Å². The Kier molecular flexibility index (Phi) is 2630. The molecule has 0 unspecified atom stereocenters. The van der Waals surface area contributed by atoms with Gasteiger partial charge in [0, 0.05) is 58.4 Å². The van der Waals surface area contributed by atoms with Crippen LogP contribution in [0.1, 0.15) is 0 Å². The molecule has 0 saturated heterocycles. The summed E-state index contributed by atoms with van der Waals surface area (Å²) in [4.78, 5) is 0. The summed E-state index contributed by atoms with van der Waals surface area (Å²) in [5, 5.41) is 0. The molecule has 0 heterocycles. The van der Waals surface area contributed by atoms with Crippen LogP contribution in [0.4, 0.5) is 0 Å². The molecule has 0 aromatic rings. The smallest absolute Gasteiger partial charge is 3.00 e. The van der Waals surface area contributed by atoms with Crippen molar-refractivity contribution in [2.45, 2.75) is 0 Å². The van der Waals surface area contributed by atoms with E-state index in [0.29, 0.717) is 0 Å². The predicted octanol–water partition coefficient (Wildman–Crippen LogP) is 1.43. The third kappa shape index (κ3) is 130. The number of nitrogens with zero attached hydrogens (tertiary/aromatic N) is 5. The van der Waals surface area contributed by atoms with Gasteiger partial charge in [-0.05, 0) is 0 Å². The van der Waals surface area contributed by atoms with Crippen LogP contribution in [-0.2, 0) is 126 Å². The van der Waals surface area contributed by atoms with E-state index in [9.17, 15) is 0 Å². The normalized spacial score (nSPS) is 0. The molecule has 0 bridgehead atoms. The maximum Gasteiger partial charge on any atom is 5.00 e. The van der Waals surface area contributed by atoms with Crippen molar-refractivity contribution in [3.63, 3.8) is 0 Å². The quantitative estimate of drug-likeness (QED) is 0.324. The summed E-state index contributed by atoms with van der Waals surface area (Å²) in [5.41, 5.74) is 0. The second kappa shape index (κ2) is 152. The van der Waals surface area contributed by atoms with Crippen LogP contribution >= 0.6 is 0 Å². The van der Waals surface area contributed by atoms with Gasteiger partial charge in [-0.15, -0.1) is 0 Å². The summed E-state index contributed by atoms with van der Waals surface area (Å²) in [6, 6.07) is 0. The molecule has 0 atom stereocenters. The van der Waals surface area contributed by atoms with Crippen LogP contribution in [0.25, 0.3) is 30.8 Å². The zero-order valence-electron chi connectivity index (χ0n) is 4.64. The SMILES string of the molecule is [N-3].[N-3].[N-3].[N-3].[N-3].[Ru].[Ru].[Ru].[Ta+5].[Ta+5].[Ta+5]. The minimum atomic E-state index is 0. The van der Waals surface area contributed by atoms with Crippen molar-refractivity contribution in [2.75, 3.05) is 0 Å². The minimum Gasteiger partial charge on any atom is -3.00 e. The molecule has 11 heteroatoms. The molecule has 0 aliphatic heterocycles. The average Bonchev–Trinajstić information content (AvgIpc) is 0. The van der Waals surface area contributed by atoms with Crippen LogP contribution in [-0.4, -0.2) is 0 Å². The number of hydrogen-bond acceptors (Lipinski definition) is 0. The second-order valence-corrected chi connectivity index (χ2v) is 0. The summed E-state index contributed by atoms with van der Waals surface area (Å²) in [7, 11) is 0. The van der Waals surface area contributed by atoms with Crippen molar-refractivity contribution in [3.05, 3.63) is 30.8 Å². The molecule has 11 heavy (non-hydrogen) atoms. The topological polar surface area (TPSA) is 152 Å². The molecule has 0 amide bonds. The Morgan fingerprint density at radius 3 is 0.273 bits per heavy atom. The van der Waals surface area contributed by atoms with Crippen molar-refractivity contribution >= 4 is 0 Å². The first kappa shape index (κ1) is 190. The molecule has 0 aromatic carbocycles. The van der Waals surface area contributed by atoms with E-state index in [0.717, 1.165) is 0 Å². The summed E-state index contributed by atoms with van der Waals surface area (Å²) < 4.78 is 0. The first-order valence-electron chi connectivity index (χ1n) is 0. The summed E-state index contributed by atoms with van der Waals surface area (Å²) in [6.45, 7) is 0. The Labute approximate surface area is 154 Å². The van der Waals surface area contributed by atoms with Gasteiger partial charge in [0.1, 0.15) is 0 Å². The molecule has 0 fully saturated rings.